The average Bonchev–Trinajstić information content (AvgIpc) is 2.05. The molecule has 4 heteroatoms. The summed E-state index contributed by atoms with van der Waals surface area (Å²) in [5.74, 6) is 0. The highest BCUT2D eigenvalue weighted by Gasteiger charge is 2.13. The van der Waals surface area contributed by atoms with Crippen LogP contribution in [0.25, 0.3) is 0 Å². The first-order valence-electron chi connectivity index (χ1n) is 3.43. The standard InChI is InChI=1S/C6H12Cl2N2/c7-5-9-1-2-10(6-8)4-3-9/h1-6H2. The monoisotopic (exact) mass is 182 g/mol. The number of halogens is 2. The Morgan fingerprint density at radius 1 is 0.800 bits per heavy atom. The van der Waals surface area contributed by atoms with Crippen molar-refractivity contribution in [3.63, 3.8) is 0 Å². The van der Waals surface area contributed by atoms with E-state index in [0.717, 1.165) is 26.2 Å². The first-order chi connectivity index (χ1) is 4.86. The van der Waals surface area contributed by atoms with E-state index >= 15 is 0 Å². The Balaban J connectivity index is 2.17. The molecule has 1 fully saturated rings. The zero-order chi connectivity index (χ0) is 7.40. The summed E-state index contributed by atoms with van der Waals surface area (Å²) < 4.78 is 0. The lowest BCUT2D eigenvalue weighted by atomic mass is 10.4. The normalized spacial score (nSPS) is 23.4. The van der Waals surface area contributed by atoms with Crippen molar-refractivity contribution in [2.75, 3.05) is 38.2 Å². The predicted octanol–water partition coefficient (Wildman–Crippen LogP) is 0.997. The molecule has 1 rings (SSSR count). The van der Waals surface area contributed by atoms with Crippen molar-refractivity contribution in [1.29, 1.82) is 0 Å². The van der Waals surface area contributed by atoms with Gasteiger partial charge in [-0.3, -0.25) is 9.80 Å². The van der Waals surface area contributed by atoms with E-state index in [-0.39, 0.29) is 0 Å². The minimum atomic E-state index is 0.649. The Morgan fingerprint density at radius 2 is 1.10 bits per heavy atom. The third-order valence-electron chi connectivity index (χ3n) is 1.80. The largest absolute Gasteiger partial charge is 0.287 e. The molecule has 0 saturated carbocycles. The maximum atomic E-state index is 5.65. The lowest BCUT2D eigenvalue weighted by Gasteiger charge is -2.31. The molecule has 0 atom stereocenters. The molecule has 0 aromatic carbocycles. The number of piperazine rings is 1. The average molecular weight is 183 g/mol. The Hall–Kier alpha value is 0.500. The van der Waals surface area contributed by atoms with E-state index in [9.17, 15) is 0 Å². The quantitative estimate of drug-likeness (QED) is 0.465. The highest BCUT2D eigenvalue weighted by molar-refractivity contribution is 6.17. The Bertz CT molecular complexity index is 79.7. The van der Waals surface area contributed by atoms with Crippen LogP contribution in [0, 0.1) is 0 Å². The predicted molar refractivity (Wildman–Crippen MR) is 44.6 cm³/mol. The molecule has 0 N–H and O–H groups in total. The maximum absolute atomic E-state index is 5.65. The number of hydrogen-bond donors (Lipinski definition) is 0. The van der Waals surface area contributed by atoms with Crippen molar-refractivity contribution >= 4 is 23.2 Å². The molecule has 0 bridgehead atoms. The van der Waals surface area contributed by atoms with Crippen LogP contribution in [0.3, 0.4) is 0 Å². The molecule has 10 heavy (non-hydrogen) atoms. The lowest BCUT2D eigenvalue weighted by molar-refractivity contribution is 0.166. The Labute approximate surface area is 71.7 Å². The molecule has 0 aliphatic carbocycles. The highest BCUT2D eigenvalue weighted by atomic mass is 35.5. The van der Waals surface area contributed by atoms with Crippen LogP contribution < -0.4 is 0 Å². The second kappa shape index (κ2) is 4.39. The van der Waals surface area contributed by atoms with Gasteiger partial charge in [-0.25, -0.2) is 0 Å². The molecule has 0 aromatic rings. The molecule has 2 nitrogen and oxygen atoms in total. The van der Waals surface area contributed by atoms with Gasteiger partial charge >= 0.3 is 0 Å². The Morgan fingerprint density at radius 3 is 1.30 bits per heavy atom. The fraction of sp³-hybridized carbons (Fsp3) is 1.00. The molecule has 0 aromatic heterocycles. The van der Waals surface area contributed by atoms with E-state index in [4.69, 9.17) is 23.2 Å². The summed E-state index contributed by atoms with van der Waals surface area (Å²) in [5.41, 5.74) is 0. The summed E-state index contributed by atoms with van der Waals surface area (Å²) in [6, 6.07) is 1.30. The summed E-state index contributed by atoms with van der Waals surface area (Å²) >= 11 is 11.3. The minimum absolute atomic E-state index is 0.649. The minimum Gasteiger partial charge on any atom is -0.287 e. The van der Waals surface area contributed by atoms with Crippen LogP contribution in [-0.2, 0) is 0 Å². The molecule has 0 unspecified atom stereocenters. The summed E-state index contributed by atoms with van der Waals surface area (Å²) in [5, 5.41) is 0. The highest BCUT2D eigenvalue weighted by Crippen LogP contribution is 2.02. The van der Waals surface area contributed by atoms with Crippen LogP contribution in [-0.4, -0.2) is 48.0 Å². The summed E-state index contributed by atoms with van der Waals surface area (Å²) in [7, 11) is 0. The molecule has 1 heterocycles. The van der Waals surface area contributed by atoms with E-state index in [1.165, 1.54) is 0 Å². The Kier molecular flexibility index (Phi) is 3.78. The maximum Gasteiger partial charge on any atom is 0.0739 e. The fourth-order valence-electron chi connectivity index (χ4n) is 1.03. The van der Waals surface area contributed by atoms with Crippen LogP contribution >= 0.6 is 23.2 Å². The fourth-order valence-corrected chi connectivity index (χ4v) is 1.51. The van der Waals surface area contributed by atoms with Crippen LogP contribution in [0.1, 0.15) is 0 Å². The van der Waals surface area contributed by atoms with E-state index < -0.39 is 0 Å². The first kappa shape index (κ1) is 8.60. The van der Waals surface area contributed by atoms with Crippen LogP contribution in [0.2, 0.25) is 0 Å². The SMILES string of the molecule is ClCN1CCN(CCl)CC1. The number of alkyl halides is 2. The number of rotatable bonds is 2. The summed E-state index contributed by atoms with van der Waals surface area (Å²) in [6.45, 7) is 4.21. The molecular formula is C6H12Cl2N2. The molecular weight excluding hydrogens is 171 g/mol. The third-order valence-corrected chi connectivity index (χ3v) is 2.48. The molecule has 0 spiro atoms. The van der Waals surface area contributed by atoms with Gasteiger partial charge in [0.25, 0.3) is 0 Å². The van der Waals surface area contributed by atoms with Gasteiger partial charge in [0.2, 0.25) is 0 Å². The number of nitrogens with zero attached hydrogens (tertiary/aromatic N) is 2. The molecule has 1 aliphatic rings. The van der Waals surface area contributed by atoms with Gasteiger partial charge in [-0.15, -0.1) is 23.2 Å². The van der Waals surface area contributed by atoms with Crippen molar-refractivity contribution < 1.29 is 0 Å². The smallest absolute Gasteiger partial charge is 0.0739 e. The summed E-state index contributed by atoms with van der Waals surface area (Å²) in [6.07, 6.45) is 0. The topological polar surface area (TPSA) is 6.48 Å². The van der Waals surface area contributed by atoms with Crippen molar-refractivity contribution in [2.45, 2.75) is 0 Å². The number of hydrogen-bond acceptors (Lipinski definition) is 2. The van der Waals surface area contributed by atoms with Gasteiger partial charge in [0.15, 0.2) is 0 Å². The molecule has 0 amide bonds. The van der Waals surface area contributed by atoms with Crippen molar-refractivity contribution in [3.8, 4) is 0 Å². The van der Waals surface area contributed by atoms with Gasteiger partial charge in [-0.1, -0.05) is 0 Å². The van der Waals surface area contributed by atoms with Gasteiger partial charge in [-0.2, -0.15) is 0 Å². The molecule has 1 saturated heterocycles. The van der Waals surface area contributed by atoms with Gasteiger partial charge in [-0.05, 0) is 0 Å². The third kappa shape index (κ3) is 2.27. The lowest BCUT2D eigenvalue weighted by Crippen LogP contribution is -2.45. The zero-order valence-corrected chi connectivity index (χ0v) is 7.40. The molecule has 0 radical (unpaired) electrons. The zero-order valence-electron chi connectivity index (χ0n) is 5.89. The van der Waals surface area contributed by atoms with Gasteiger partial charge in [0.05, 0.1) is 12.0 Å². The van der Waals surface area contributed by atoms with Crippen molar-refractivity contribution in [2.24, 2.45) is 0 Å². The summed E-state index contributed by atoms with van der Waals surface area (Å²) in [4.78, 5) is 4.43. The van der Waals surface area contributed by atoms with E-state index in [2.05, 4.69) is 9.80 Å². The van der Waals surface area contributed by atoms with Crippen LogP contribution in [0.4, 0.5) is 0 Å². The molecule has 1 aliphatic heterocycles. The van der Waals surface area contributed by atoms with Crippen molar-refractivity contribution in [3.05, 3.63) is 0 Å². The van der Waals surface area contributed by atoms with E-state index in [1.807, 2.05) is 0 Å². The van der Waals surface area contributed by atoms with Crippen LogP contribution in [0.15, 0.2) is 0 Å². The van der Waals surface area contributed by atoms with Crippen LogP contribution in [0.5, 0.6) is 0 Å². The van der Waals surface area contributed by atoms with Gasteiger partial charge in [0, 0.05) is 26.2 Å². The second-order valence-corrected chi connectivity index (χ2v) is 2.95. The van der Waals surface area contributed by atoms with E-state index in [0.29, 0.717) is 12.0 Å². The first-order valence-corrected chi connectivity index (χ1v) is 4.50. The van der Waals surface area contributed by atoms with Crippen molar-refractivity contribution in [1.82, 2.24) is 9.80 Å². The molecule has 60 valence electrons. The second-order valence-electron chi connectivity index (χ2n) is 2.48. The van der Waals surface area contributed by atoms with E-state index in [1.54, 1.807) is 0 Å². The van der Waals surface area contributed by atoms with Gasteiger partial charge in [0.1, 0.15) is 0 Å². The van der Waals surface area contributed by atoms with Gasteiger partial charge < -0.3 is 0 Å².